The standard InChI is InChI=1S/C13H17FN2O/c14-10-1-2-12-11(9-10)16-8-5-13(17-12)3-6-15-7-4-13/h1-2,9,15-16H,3-8H2. The zero-order valence-electron chi connectivity index (χ0n) is 9.76. The summed E-state index contributed by atoms with van der Waals surface area (Å²) in [5.74, 6) is 0.562. The monoisotopic (exact) mass is 236 g/mol. The SMILES string of the molecule is Fc1ccc2c(c1)NCCC1(CCNCC1)O2. The van der Waals surface area contributed by atoms with Crippen LogP contribution in [0.5, 0.6) is 5.75 Å². The molecule has 1 spiro atoms. The maximum Gasteiger partial charge on any atom is 0.143 e. The van der Waals surface area contributed by atoms with Crippen LogP contribution in [0.2, 0.25) is 0 Å². The fourth-order valence-electron chi connectivity index (χ4n) is 2.67. The van der Waals surface area contributed by atoms with Gasteiger partial charge in [-0.15, -0.1) is 0 Å². The van der Waals surface area contributed by atoms with Gasteiger partial charge in [-0.1, -0.05) is 0 Å². The first-order valence-electron chi connectivity index (χ1n) is 6.21. The number of fused-ring (bicyclic) bond motifs is 1. The molecule has 0 amide bonds. The van der Waals surface area contributed by atoms with Gasteiger partial charge in [0.1, 0.15) is 17.2 Å². The molecule has 0 atom stereocenters. The molecule has 0 aliphatic carbocycles. The summed E-state index contributed by atoms with van der Waals surface area (Å²) in [6.07, 6.45) is 3.02. The number of anilines is 1. The van der Waals surface area contributed by atoms with Crippen LogP contribution in [0.25, 0.3) is 0 Å². The first-order valence-corrected chi connectivity index (χ1v) is 6.21. The summed E-state index contributed by atoms with van der Waals surface area (Å²) in [7, 11) is 0. The third-order valence-corrected chi connectivity index (χ3v) is 3.68. The van der Waals surface area contributed by atoms with Crippen molar-refractivity contribution in [2.45, 2.75) is 24.9 Å². The Labute approximate surface area is 100 Å². The second-order valence-corrected chi connectivity index (χ2v) is 4.85. The summed E-state index contributed by atoms with van der Waals surface area (Å²) < 4.78 is 19.3. The van der Waals surface area contributed by atoms with E-state index in [9.17, 15) is 4.39 Å². The maximum absolute atomic E-state index is 13.2. The van der Waals surface area contributed by atoms with Gasteiger partial charge >= 0.3 is 0 Å². The summed E-state index contributed by atoms with van der Waals surface area (Å²) in [4.78, 5) is 0. The second-order valence-electron chi connectivity index (χ2n) is 4.85. The first kappa shape index (κ1) is 10.8. The predicted molar refractivity (Wildman–Crippen MR) is 65.0 cm³/mol. The van der Waals surface area contributed by atoms with E-state index in [1.807, 2.05) is 0 Å². The molecule has 92 valence electrons. The molecule has 1 aromatic rings. The summed E-state index contributed by atoms with van der Waals surface area (Å²) in [5.41, 5.74) is 0.710. The largest absolute Gasteiger partial charge is 0.485 e. The number of ether oxygens (including phenoxy) is 1. The lowest BCUT2D eigenvalue weighted by atomic mass is 9.89. The Morgan fingerprint density at radius 1 is 1.12 bits per heavy atom. The van der Waals surface area contributed by atoms with Crippen LogP contribution in [-0.2, 0) is 0 Å². The summed E-state index contributed by atoms with van der Waals surface area (Å²) in [5, 5.41) is 6.60. The van der Waals surface area contributed by atoms with E-state index in [1.54, 1.807) is 6.07 Å². The molecule has 2 aliphatic rings. The number of benzene rings is 1. The average molecular weight is 236 g/mol. The Morgan fingerprint density at radius 2 is 1.88 bits per heavy atom. The van der Waals surface area contributed by atoms with E-state index in [1.165, 1.54) is 12.1 Å². The lowest BCUT2D eigenvalue weighted by Gasteiger charge is -2.36. The summed E-state index contributed by atoms with van der Waals surface area (Å²) in [6.45, 7) is 2.84. The molecule has 3 rings (SSSR count). The van der Waals surface area contributed by atoms with Gasteiger partial charge in [0.15, 0.2) is 0 Å². The molecule has 2 heterocycles. The van der Waals surface area contributed by atoms with Crippen molar-refractivity contribution >= 4 is 5.69 Å². The van der Waals surface area contributed by atoms with Crippen LogP contribution in [0.4, 0.5) is 10.1 Å². The number of hydrogen-bond donors (Lipinski definition) is 2. The lowest BCUT2D eigenvalue weighted by Crippen LogP contribution is -2.46. The fraction of sp³-hybridized carbons (Fsp3) is 0.538. The van der Waals surface area contributed by atoms with Crippen molar-refractivity contribution < 1.29 is 9.13 Å². The minimum absolute atomic E-state index is 0.0681. The van der Waals surface area contributed by atoms with Gasteiger partial charge in [-0.05, 0) is 38.1 Å². The third kappa shape index (κ3) is 2.09. The van der Waals surface area contributed by atoms with Crippen molar-refractivity contribution in [1.29, 1.82) is 0 Å². The Morgan fingerprint density at radius 3 is 2.71 bits per heavy atom. The molecule has 4 heteroatoms. The normalized spacial score (nSPS) is 22.2. The smallest absolute Gasteiger partial charge is 0.143 e. The minimum atomic E-state index is -0.221. The molecule has 17 heavy (non-hydrogen) atoms. The van der Waals surface area contributed by atoms with Crippen LogP contribution in [0.15, 0.2) is 18.2 Å². The Kier molecular flexibility index (Phi) is 2.67. The van der Waals surface area contributed by atoms with E-state index >= 15 is 0 Å². The van der Waals surface area contributed by atoms with E-state index < -0.39 is 0 Å². The van der Waals surface area contributed by atoms with Crippen molar-refractivity contribution in [3.8, 4) is 5.75 Å². The maximum atomic E-state index is 13.2. The van der Waals surface area contributed by atoms with Crippen LogP contribution in [0.3, 0.4) is 0 Å². The highest BCUT2D eigenvalue weighted by Crippen LogP contribution is 2.37. The zero-order chi connectivity index (χ0) is 11.7. The summed E-state index contributed by atoms with van der Waals surface area (Å²) >= 11 is 0. The second kappa shape index (κ2) is 4.18. The number of halogens is 1. The molecular formula is C13H17FN2O. The Balaban J connectivity index is 1.90. The average Bonchev–Trinajstić information content (AvgIpc) is 2.49. The predicted octanol–water partition coefficient (Wildman–Crippen LogP) is 2.14. The molecule has 0 bridgehead atoms. The first-order chi connectivity index (χ1) is 8.27. The molecule has 2 N–H and O–H groups in total. The molecule has 1 aromatic carbocycles. The van der Waals surface area contributed by atoms with Crippen LogP contribution in [0, 0.1) is 5.82 Å². The van der Waals surface area contributed by atoms with E-state index in [-0.39, 0.29) is 11.4 Å². The topological polar surface area (TPSA) is 33.3 Å². The molecular weight excluding hydrogens is 219 g/mol. The quantitative estimate of drug-likeness (QED) is 0.724. The highest BCUT2D eigenvalue weighted by atomic mass is 19.1. The number of hydrogen-bond acceptors (Lipinski definition) is 3. The lowest BCUT2D eigenvalue weighted by molar-refractivity contribution is 0.0355. The third-order valence-electron chi connectivity index (χ3n) is 3.68. The van der Waals surface area contributed by atoms with Crippen LogP contribution in [0.1, 0.15) is 19.3 Å². The highest BCUT2D eigenvalue weighted by Gasteiger charge is 2.35. The van der Waals surface area contributed by atoms with Crippen LogP contribution >= 0.6 is 0 Å². The zero-order valence-corrected chi connectivity index (χ0v) is 9.76. The van der Waals surface area contributed by atoms with Crippen LogP contribution < -0.4 is 15.4 Å². The minimum Gasteiger partial charge on any atom is -0.485 e. The van der Waals surface area contributed by atoms with Crippen molar-refractivity contribution in [2.75, 3.05) is 25.0 Å². The molecule has 1 fully saturated rings. The van der Waals surface area contributed by atoms with Crippen molar-refractivity contribution in [1.82, 2.24) is 5.32 Å². The van der Waals surface area contributed by atoms with Gasteiger partial charge in [-0.3, -0.25) is 0 Å². The number of piperidine rings is 1. The van der Waals surface area contributed by atoms with Gasteiger partial charge in [0.2, 0.25) is 0 Å². The Bertz CT molecular complexity index is 416. The molecule has 1 saturated heterocycles. The molecule has 3 nitrogen and oxygen atoms in total. The van der Waals surface area contributed by atoms with Gasteiger partial charge in [0.25, 0.3) is 0 Å². The summed E-state index contributed by atoms with van der Waals surface area (Å²) in [6, 6.07) is 4.70. The van der Waals surface area contributed by atoms with E-state index in [0.717, 1.165) is 50.3 Å². The molecule has 0 radical (unpaired) electrons. The molecule has 0 aromatic heterocycles. The van der Waals surface area contributed by atoms with E-state index in [2.05, 4.69) is 10.6 Å². The molecule has 2 aliphatic heterocycles. The number of rotatable bonds is 0. The van der Waals surface area contributed by atoms with E-state index in [0.29, 0.717) is 0 Å². The van der Waals surface area contributed by atoms with E-state index in [4.69, 9.17) is 4.74 Å². The van der Waals surface area contributed by atoms with Gasteiger partial charge in [0, 0.05) is 19.0 Å². The van der Waals surface area contributed by atoms with Crippen molar-refractivity contribution in [3.05, 3.63) is 24.0 Å². The van der Waals surface area contributed by atoms with Gasteiger partial charge in [-0.25, -0.2) is 4.39 Å². The highest BCUT2D eigenvalue weighted by molar-refractivity contribution is 5.57. The number of nitrogens with one attached hydrogen (secondary N) is 2. The van der Waals surface area contributed by atoms with Gasteiger partial charge in [-0.2, -0.15) is 0 Å². The molecule has 0 saturated carbocycles. The fourth-order valence-corrected chi connectivity index (χ4v) is 2.67. The van der Waals surface area contributed by atoms with Crippen molar-refractivity contribution in [3.63, 3.8) is 0 Å². The van der Waals surface area contributed by atoms with Crippen LogP contribution in [-0.4, -0.2) is 25.2 Å². The van der Waals surface area contributed by atoms with Gasteiger partial charge < -0.3 is 15.4 Å². The Hall–Kier alpha value is -1.29. The van der Waals surface area contributed by atoms with Crippen molar-refractivity contribution in [2.24, 2.45) is 0 Å². The van der Waals surface area contributed by atoms with Gasteiger partial charge in [0.05, 0.1) is 5.69 Å². The molecule has 0 unspecified atom stereocenters.